The molecule has 1 fully saturated rings. The van der Waals surface area contributed by atoms with E-state index in [1.165, 1.54) is 6.92 Å². The van der Waals surface area contributed by atoms with Crippen molar-refractivity contribution in [3.63, 3.8) is 0 Å². The molecule has 0 spiro atoms. The zero-order valence-electron chi connectivity index (χ0n) is 11.4. The summed E-state index contributed by atoms with van der Waals surface area (Å²) < 4.78 is 11.1. The van der Waals surface area contributed by atoms with Crippen molar-refractivity contribution in [3.05, 3.63) is 0 Å². The van der Waals surface area contributed by atoms with Gasteiger partial charge in [0.1, 0.15) is 12.0 Å². The van der Waals surface area contributed by atoms with E-state index >= 15 is 0 Å². The average Bonchev–Trinajstić information content (AvgIpc) is 2.28. The van der Waals surface area contributed by atoms with Gasteiger partial charge in [0.25, 0.3) is 0 Å². The molecule has 0 aromatic carbocycles. The quantitative estimate of drug-likeness (QED) is 0.728. The lowest BCUT2D eigenvalue weighted by molar-refractivity contribution is -0.156. The molecule has 100 valence electrons. The molecular weight excluding hydrogens is 236 g/mol. The van der Waals surface area contributed by atoms with Gasteiger partial charge in [0.05, 0.1) is 6.10 Å². The van der Waals surface area contributed by atoms with E-state index in [4.69, 9.17) is 9.47 Å². The van der Waals surface area contributed by atoms with Crippen LogP contribution in [0.3, 0.4) is 0 Å². The third kappa shape index (κ3) is 3.88. The minimum absolute atomic E-state index is 0.0362. The number of carbonyl (C=O) groups excluding carboxylic acids is 1. The molecule has 0 bridgehead atoms. The summed E-state index contributed by atoms with van der Waals surface area (Å²) >= 11 is 1.84. The number of esters is 1. The Morgan fingerprint density at radius 2 is 1.88 bits per heavy atom. The number of hydrogen-bond donors (Lipinski definition) is 0. The molecule has 0 aliphatic carbocycles. The van der Waals surface area contributed by atoms with Gasteiger partial charge < -0.3 is 9.47 Å². The van der Waals surface area contributed by atoms with E-state index in [9.17, 15) is 4.79 Å². The van der Waals surface area contributed by atoms with Gasteiger partial charge in [0.15, 0.2) is 0 Å². The molecule has 1 heterocycles. The summed E-state index contributed by atoms with van der Waals surface area (Å²) in [5.41, 5.74) is 0.228. The highest BCUT2D eigenvalue weighted by Crippen LogP contribution is 2.39. The summed E-state index contributed by atoms with van der Waals surface area (Å²) in [6.07, 6.45) is 0.0362. The molecular formula is C13H24O3S. The van der Waals surface area contributed by atoms with E-state index in [1.807, 2.05) is 11.8 Å². The number of hydrogen-bond acceptors (Lipinski definition) is 4. The van der Waals surface area contributed by atoms with Gasteiger partial charge in [-0.05, 0) is 23.5 Å². The SMILES string of the molecule is CCS[C@@H]1OC(COC(C)=O)[C@@H](C)[C@H](C)C1C. The second-order valence-electron chi connectivity index (χ2n) is 4.88. The first-order chi connectivity index (χ1) is 7.97. The average molecular weight is 260 g/mol. The van der Waals surface area contributed by atoms with Gasteiger partial charge in [0.2, 0.25) is 0 Å². The van der Waals surface area contributed by atoms with Crippen LogP contribution in [0.2, 0.25) is 0 Å². The summed E-state index contributed by atoms with van der Waals surface area (Å²) in [5.74, 6) is 2.39. The van der Waals surface area contributed by atoms with Gasteiger partial charge in [-0.15, -0.1) is 11.8 Å². The van der Waals surface area contributed by atoms with Crippen LogP contribution in [0.15, 0.2) is 0 Å². The van der Waals surface area contributed by atoms with Crippen LogP contribution in [0.25, 0.3) is 0 Å². The molecule has 4 heteroatoms. The number of carbonyl (C=O) groups is 1. The molecule has 2 unspecified atom stereocenters. The molecule has 1 saturated heterocycles. The Morgan fingerprint density at radius 3 is 2.41 bits per heavy atom. The van der Waals surface area contributed by atoms with E-state index in [0.29, 0.717) is 24.4 Å². The Kier molecular flexibility index (Phi) is 5.80. The Hall–Kier alpha value is -0.220. The molecule has 0 amide bonds. The molecule has 5 atom stereocenters. The number of ether oxygens (including phenoxy) is 2. The van der Waals surface area contributed by atoms with Crippen molar-refractivity contribution in [2.75, 3.05) is 12.4 Å². The molecule has 17 heavy (non-hydrogen) atoms. The lowest BCUT2D eigenvalue weighted by Gasteiger charge is -2.43. The highest BCUT2D eigenvalue weighted by molar-refractivity contribution is 7.99. The maximum absolute atomic E-state index is 10.9. The first-order valence-electron chi connectivity index (χ1n) is 6.37. The lowest BCUT2D eigenvalue weighted by atomic mass is 9.80. The fourth-order valence-corrected chi connectivity index (χ4v) is 3.33. The Labute approximate surface area is 109 Å². The predicted octanol–water partition coefficient (Wildman–Crippen LogP) is 2.94. The smallest absolute Gasteiger partial charge is 0.302 e. The van der Waals surface area contributed by atoms with Crippen LogP contribution in [-0.2, 0) is 14.3 Å². The largest absolute Gasteiger partial charge is 0.463 e. The van der Waals surface area contributed by atoms with Gasteiger partial charge in [-0.3, -0.25) is 4.79 Å². The van der Waals surface area contributed by atoms with Crippen LogP contribution >= 0.6 is 11.8 Å². The zero-order chi connectivity index (χ0) is 13.0. The topological polar surface area (TPSA) is 35.5 Å². The van der Waals surface area contributed by atoms with E-state index in [-0.39, 0.29) is 17.5 Å². The minimum atomic E-state index is -0.230. The maximum atomic E-state index is 10.9. The fraction of sp³-hybridized carbons (Fsp3) is 0.923. The van der Waals surface area contributed by atoms with Crippen molar-refractivity contribution in [1.29, 1.82) is 0 Å². The summed E-state index contributed by atoms with van der Waals surface area (Å²) in [7, 11) is 0. The predicted molar refractivity (Wildman–Crippen MR) is 70.9 cm³/mol. The lowest BCUT2D eigenvalue weighted by Crippen LogP contribution is -2.45. The molecule has 1 aliphatic rings. The highest BCUT2D eigenvalue weighted by Gasteiger charge is 2.39. The van der Waals surface area contributed by atoms with Crippen LogP contribution in [0.5, 0.6) is 0 Å². The van der Waals surface area contributed by atoms with E-state index in [1.54, 1.807) is 0 Å². The summed E-state index contributed by atoms with van der Waals surface area (Å²) in [5, 5.41) is 0. The number of thioether (sulfide) groups is 1. The standard InChI is InChI=1S/C13H24O3S/c1-6-17-13-10(4)8(2)9(3)12(16-13)7-15-11(5)14/h8-10,12-13H,6-7H2,1-5H3/t8-,9-,10?,12?,13-/m0/s1. The molecule has 0 radical (unpaired) electrons. The van der Waals surface area contributed by atoms with Crippen LogP contribution in [0, 0.1) is 17.8 Å². The van der Waals surface area contributed by atoms with Crippen molar-refractivity contribution in [3.8, 4) is 0 Å². The van der Waals surface area contributed by atoms with Crippen LogP contribution in [-0.4, -0.2) is 29.9 Å². The first kappa shape index (κ1) is 14.8. The Balaban J connectivity index is 2.60. The third-order valence-electron chi connectivity index (χ3n) is 3.77. The number of rotatable bonds is 4. The zero-order valence-corrected chi connectivity index (χ0v) is 12.3. The Bertz CT molecular complexity index is 257. The maximum Gasteiger partial charge on any atom is 0.302 e. The normalized spacial score (nSPS) is 37.8. The third-order valence-corrected chi connectivity index (χ3v) is 4.97. The molecule has 0 saturated carbocycles. The fourth-order valence-electron chi connectivity index (χ4n) is 2.23. The van der Waals surface area contributed by atoms with Crippen molar-refractivity contribution < 1.29 is 14.3 Å². The van der Waals surface area contributed by atoms with E-state index < -0.39 is 0 Å². The molecule has 1 rings (SSSR count). The van der Waals surface area contributed by atoms with Crippen molar-refractivity contribution in [1.82, 2.24) is 0 Å². The van der Waals surface area contributed by atoms with Crippen LogP contribution in [0.4, 0.5) is 0 Å². The highest BCUT2D eigenvalue weighted by atomic mass is 32.2. The Morgan fingerprint density at radius 1 is 1.24 bits per heavy atom. The van der Waals surface area contributed by atoms with Crippen molar-refractivity contribution in [2.24, 2.45) is 17.8 Å². The van der Waals surface area contributed by atoms with Crippen LogP contribution in [0.1, 0.15) is 34.6 Å². The molecule has 1 aliphatic heterocycles. The summed E-state index contributed by atoms with van der Waals surface area (Å²) in [6, 6.07) is 0. The minimum Gasteiger partial charge on any atom is -0.463 e. The molecule has 0 aromatic heterocycles. The second kappa shape index (κ2) is 6.64. The molecule has 0 N–H and O–H groups in total. The van der Waals surface area contributed by atoms with Crippen molar-refractivity contribution in [2.45, 2.75) is 46.2 Å². The molecule has 0 aromatic rings. The molecule has 3 nitrogen and oxygen atoms in total. The van der Waals surface area contributed by atoms with E-state index in [0.717, 1.165) is 5.75 Å². The monoisotopic (exact) mass is 260 g/mol. The van der Waals surface area contributed by atoms with Gasteiger partial charge in [-0.1, -0.05) is 27.7 Å². The second-order valence-corrected chi connectivity index (χ2v) is 6.25. The van der Waals surface area contributed by atoms with Gasteiger partial charge >= 0.3 is 5.97 Å². The van der Waals surface area contributed by atoms with Crippen LogP contribution < -0.4 is 0 Å². The van der Waals surface area contributed by atoms with Gasteiger partial charge in [-0.2, -0.15) is 0 Å². The first-order valence-corrected chi connectivity index (χ1v) is 7.42. The van der Waals surface area contributed by atoms with Gasteiger partial charge in [-0.25, -0.2) is 0 Å². The summed E-state index contributed by atoms with van der Waals surface area (Å²) in [4.78, 5) is 10.9. The van der Waals surface area contributed by atoms with Gasteiger partial charge in [0, 0.05) is 6.92 Å². The van der Waals surface area contributed by atoms with E-state index in [2.05, 4.69) is 27.7 Å². The van der Waals surface area contributed by atoms with Crippen molar-refractivity contribution >= 4 is 17.7 Å². The summed E-state index contributed by atoms with van der Waals surface area (Å²) in [6.45, 7) is 10.7.